The van der Waals surface area contributed by atoms with Gasteiger partial charge < -0.3 is 5.73 Å². The predicted molar refractivity (Wildman–Crippen MR) is 25.7 cm³/mol. The first-order chi connectivity index (χ1) is 3.29. The van der Waals surface area contributed by atoms with Gasteiger partial charge in [0.05, 0.1) is 0 Å². The summed E-state index contributed by atoms with van der Waals surface area (Å²) in [6, 6.07) is 0. The summed E-state index contributed by atoms with van der Waals surface area (Å²) in [4.78, 5) is 3.51. The molecule has 1 aromatic heterocycles. The summed E-state index contributed by atoms with van der Waals surface area (Å²) in [6.07, 6.45) is 1.32. The normalized spacial score (nSPS) is 9.29. The third-order valence-electron chi connectivity index (χ3n) is 0.483. The highest BCUT2D eigenvalue weighted by atomic mass is 35.5. The van der Waals surface area contributed by atoms with Crippen molar-refractivity contribution in [2.45, 2.75) is 0 Å². The lowest BCUT2D eigenvalue weighted by Gasteiger charge is -1.72. The van der Waals surface area contributed by atoms with Crippen LogP contribution in [0.5, 0.6) is 0 Å². The third-order valence-corrected chi connectivity index (χ3v) is 0.646. The van der Waals surface area contributed by atoms with E-state index in [0.717, 1.165) is 4.20 Å². The Morgan fingerprint density at radius 3 is 2.71 bits per heavy atom. The van der Waals surface area contributed by atoms with Crippen molar-refractivity contribution >= 4 is 17.7 Å². The number of nitrogens with two attached hydrogens (primary N) is 1. The van der Waals surface area contributed by atoms with Gasteiger partial charge in [-0.1, -0.05) is 0 Å². The number of hydrogen-bond acceptors (Lipinski definition) is 3. The summed E-state index contributed by atoms with van der Waals surface area (Å²) in [7, 11) is 0. The lowest BCUT2D eigenvalue weighted by atomic mass is 11.1. The minimum absolute atomic E-state index is 0.190. The van der Waals surface area contributed by atoms with Gasteiger partial charge >= 0.3 is 0 Å². The topological polar surface area (TPSA) is 56.7 Å². The van der Waals surface area contributed by atoms with Gasteiger partial charge in [0.1, 0.15) is 6.33 Å². The van der Waals surface area contributed by atoms with Crippen molar-refractivity contribution in [2.75, 3.05) is 5.73 Å². The molecule has 0 fully saturated rings. The van der Waals surface area contributed by atoms with Crippen molar-refractivity contribution in [2.24, 2.45) is 0 Å². The maximum absolute atomic E-state index is 5.22. The zero-order chi connectivity index (χ0) is 5.28. The molecular weight excluding hydrogens is 116 g/mol. The first-order valence-corrected chi connectivity index (χ1v) is 1.96. The molecule has 7 heavy (non-hydrogen) atoms. The molecular formula is C2H3ClN4. The Kier molecular flexibility index (Phi) is 0.867. The molecule has 4 nitrogen and oxygen atoms in total. The Hall–Kier alpha value is -0.770. The van der Waals surface area contributed by atoms with Crippen LogP contribution in [-0.2, 0) is 0 Å². The van der Waals surface area contributed by atoms with E-state index in [-0.39, 0.29) is 5.95 Å². The van der Waals surface area contributed by atoms with Crippen LogP contribution in [0.25, 0.3) is 0 Å². The van der Waals surface area contributed by atoms with Gasteiger partial charge in [-0.3, -0.25) is 0 Å². The number of halogens is 1. The highest BCUT2D eigenvalue weighted by Crippen LogP contribution is 1.88. The Morgan fingerprint density at radius 1 is 1.86 bits per heavy atom. The molecule has 0 unspecified atom stereocenters. The summed E-state index contributed by atoms with van der Waals surface area (Å²) in [5.41, 5.74) is 5.05. The van der Waals surface area contributed by atoms with Gasteiger partial charge in [0, 0.05) is 11.8 Å². The van der Waals surface area contributed by atoms with E-state index < -0.39 is 0 Å². The summed E-state index contributed by atoms with van der Waals surface area (Å²) in [6.45, 7) is 0. The molecule has 0 spiro atoms. The third kappa shape index (κ3) is 0.806. The van der Waals surface area contributed by atoms with Crippen molar-refractivity contribution in [1.82, 2.24) is 14.3 Å². The first kappa shape index (κ1) is 4.39. The molecule has 1 aromatic rings. The van der Waals surface area contributed by atoms with E-state index in [1.807, 2.05) is 0 Å². The van der Waals surface area contributed by atoms with Gasteiger partial charge in [0.2, 0.25) is 5.95 Å². The van der Waals surface area contributed by atoms with Gasteiger partial charge in [0.15, 0.2) is 0 Å². The molecule has 0 amide bonds. The minimum Gasteiger partial charge on any atom is -0.366 e. The quantitative estimate of drug-likeness (QED) is 0.516. The number of nitrogens with zero attached hydrogens (tertiary/aromatic N) is 3. The van der Waals surface area contributed by atoms with Gasteiger partial charge in [-0.25, -0.2) is 0 Å². The van der Waals surface area contributed by atoms with Crippen LogP contribution in [0.3, 0.4) is 0 Å². The lowest BCUT2D eigenvalue weighted by molar-refractivity contribution is 0.999. The largest absolute Gasteiger partial charge is 0.366 e. The number of nitrogen functional groups attached to an aromatic ring is 1. The van der Waals surface area contributed by atoms with Crippen LogP contribution in [0.15, 0.2) is 6.33 Å². The molecule has 2 N–H and O–H groups in total. The van der Waals surface area contributed by atoms with Crippen LogP contribution < -0.4 is 5.73 Å². The molecule has 1 heterocycles. The molecule has 0 radical (unpaired) electrons. The van der Waals surface area contributed by atoms with E-state index in [0.29, 0.717) is 0 Å². The van der Waals surface area contributed by atoms with E-state index in [1.54, 1.807) is 0 Å². The van der Waals surface area contributed by atoms with Gasteiger partial charge in [-0.05, 0) is 0 Å². The smallest absolute Gasteiger partial charge is 0.240 e. The lowest BCUT2D eigenvalue weighted by Crippen LogP contribution is -1.86. The fourth-order valence-electron chi connectivity index (χ4n) is 0.256. The van der Waals surface area contributed by atoms with Crippen LogP contribution in [0, 0.1) is 0 Å². The van der Waals surface area contributed by atoms with Crippen molar-refractivity contribution in [1.29, 1.82) is 0 Å². The molecule has 0 saturated carbocycles. The Bertz CT molecular complexity index is 142. The van der Waals surface area contributed by atoms with Crippen molar-refractivity contribution in [3.63, 3.8) is 0 Å². The Balaban J connectivity index is 3.04. The summed E-state index contributed by atoms with van der Waals surface area (Å²) >= 11 is 5.22. The van der Waals surface area contributed by atoms with Crippen molar-refractivity contribution < 1.29 is 0 Å². The van der Waals surface area contributed by atoms with E-state index in [1.165, 1.54) is 6.33 Å². The van der Waals surface area contributed by atoms with Gasteiger partial charge in [-0.15, -0.1) is 5.10 Å². The number of aromatic nitrogens is 3. The molecule has 1 rings (SSSR count). The summed E-state index contributed by atoms with van der Waals surface area (Å²) in [5, 5.41) is 3.46. The second kappa shape index (κ2) is 1.38. The summed E-state index contributed by atoms with van der Waals surface area (Å²) < 4.78 is 1.02. The summed E-state index contributed by atoms with van der Waals surface area (Å²) in [5.74, 6) is 0.190. The highest BCUT2D eigenvalue weighted by Gasteiger charge is 1.86. The number of hydrogen-bond donors (Lipinski definition) is 1. The molecule has 0 aromatic carbocycles. The van der Waals surface area contributed by atoms with Gasteiger partial charge in [-0.2, -0.15) is 9.18 Å². The maximum Gasteiger partial charge on any atom is 0.240 e. The first-order valence-electron chi connectivity index (χ1n) is 1.62. The van der Waals surface area contributed by atoms with Crippen LogP contribution in [0.1, 0.15) is 0 Å². The van der Waals surface area contributed by atoms with E-state index >= 15 is 0 Å². The SMILES string of the molecule is Nc1ncn(Cl)n1. The molecule has 0 aliphatic rings. The molecule has 0 bridgehead atoms. The van der Waals surface area contributed by atoms with E-state index in [9.17, 15) is 0 Å². The van der Waals surface area contributed by atoms with E-state index in [2.05, 4.69) is 10.1 Å². The van der Waals surface area contributed by atoms with Crippen LogP contribution in [0.4, 0.5) is 5.95 Å². The van der Waals surface area contributed by atoms with Gasteiger partial charge in [0.25, 0.3) is 0 Å². The number of anilines is 1. The average Bonchev–Trinajstić information content (AvgIpc) is 1.87. The number of rotatable bonds is 0. The monoisotopic (exact) mass is 118 g/mol. The fraction of sp³-hybridized carbons (Fsp3) is 0. The second-order valence-corrected chi connectivity index (χ2v) is 1.34. The molecule has 38 valence electrons. The average molecular weight is 119 g/mol. The Labute approximate surface area is 45.0 Å². The van der Waals surface area contributed by atoms with Crippen molar-refractivity contribution in [3.05, 3.63) is 6.33 Å². The zero-order valence-electron chi connectivity index (χ0n) is 3.37. The zero-order valence-corrected chi connectivity index (χ0v) is 4.13. The molecule has 0 atom stereocenters. The molecule has 0 saturated heterocycles. The molecule has 5 heteroatoms. The fourth-order valence-corrected chi connectivity index (χ4v) is 0.377. The second-order valence-electron chi connectivity index (χ2n) is 0.991. The van der Waals surface area contributed by atoms with Crippen LogP contribution in [0.2, 0.25) is 0 Å². The predicted octanol–water partition coefficient (Wildman–Crippen LogP) is -0.138. The molecule has 0 aliphatic carbocycles. The minimum atomic E-state index is 0.190. The van der Waals surface area contributed by atoms with Crippen molar-refractivity contribution in [3.8, 4) is 0 Å². The highest BCUT2D eigenvalue weighted by molar-refractivity contribution is 6.14. The molecule has 0 aliphatic heterocycles. The van der Waals surface area contributed by atoms with E-state index in [4.69, 9.17) is 17.5 Å². The standard InChI is InChI=1S/C2H3ClN4/c3-7-1-5-2(4)6-7/h1H,(H2,4,6). The van der Waals surface area contributed by atoms with Crippen LogP contribution in [-0.4, -0.2) is 14.3 Å². The Morgan fingerprint density at radius 2 is 2.57 bits per heavy atom. The van der Waals surface area contributed by atoms with Crippen LogP contribution >= 0.6 is 11.8 Å². The maximum atomic E-state index is 5.22.